The zero-order valence-electron chi connectivity index (χ0n) is 22.9. The molecule has 2 N–H and O–H groups in total. The van der Waals surface area contributed by atoms with Gasteiger partial charge >= 0.3 is 0 Å². The Morgan fingerprint density at radius 1 is 1.00 bits per heavy atom. The normalized spacial score (nSPS) is 12.5. The van der Waals surface area contributed by atoms with Crippen LogP contribution < -0.4 is 10.2 Å². The lowest BCUT2D eigenvalue weighted by Gasteiger charge is -2.23. The minimum Gasteiger partial charge on any atom is -0.359 e. The van der Waals surface area contributed by atoms with Crippen molar-refractivity contribution in [3.8, 4) is 21.7 Å². The van der Waals surface area contributed by atoms with Crippen LogP contribution in [0.1, 0.15) is 31.3 Å². The third kappa shape index (κ3) is 4.78. The van der Waals surface area contributed by atoms with Crippen molar-refractivity contribution in [1.82, 2.24) is 9.97 Å². The molecule has 3 aromatic heterocycles. The van der Waals surface area contributed by atoms with Crippen molar-refractivity contribution in [2.24, 2.45) is 0 Å². The summed E-state index contributed by atoms with van der Waals surface area (Å²) in [7, 11) is 0. The second-order valence-corrected chi connectivity index (χ2v) is 11.8. The highest BCUT2D eigenvalue weighted by Crippen LogP contribution is 2.42. The van der Waals surface area contributed by atoms with Crippen LogP contribution >= 0.6 is 22.9 Å². The summed E-state index contributed by atoms with van der Waals surface area (Å²) in [6.07, 6.45) is 2.40. The number of aromatic amines is 1. The second kappa shape index (κ2) is 10.8. The predicted molar refractivity (Wildman–Crippen MR) is 171 cm³/mol. The third-order valence-corrected chi connectivity index (χ3v) is 9.22. The molecule has 0 atom stereocenters. The van der Waals surface area contributed by atoms with Crippen molar-refractivity contribution in [3.63, 3.8) is 0 Å². The van der Waals surface area contributed by atoms with Crippen LogP contribution in [0.3, 0.4) is 0 Å². The molecule has 7 rings (SSSR count). The molecule has 0 saturated heterocycles. The maximum atomic E-state index is 14.4. The molecule has 1 aliphatic heterocycles. The van der Waals surface area contributed by atoms with E-state index in [0.717, 1.165) is 38.2 Å². The Hall–Kier alpha value is -4.79. The lowest BCUT2D eigenvalue weighted by molar-refractivity contribution is 0.0981. The van der Waals surface area contributed by atoms with E-state index in [9.17, 15) is 14.0 Å². The first-order valence-corrected chi connectivity index (χ1v) is 14.9. The average Bonchev–Trinajstić information content (AvgIpc) is 3.62. The van der Waals surface area contributed by atoms with E-state index in [-0.39, 0.29) is 17.5 Å². The molecule has 0 unspecified atom stereocenters. The lowest BCUT2D eigenvalue weighted by atomic mass is 10.1. The van der Waals surface area contributed by atoms with E-state index in [1.807, 2.05) is 66.9 Å². The van der Waals surface area contributed by atoms with Gasteiger partial charge in [0.2, 0.25) is 0 Å². The summed E-state index contributed by atoms with van der Waals surface area (Å²) in [5.41, 5.74) is 6.07. The highest BCUT2D eigenvalue weighted by molar-refractivity contribution is 7.17. The van der Waals surface area contributed by atoms with Gasteiger partial charge in [0.25, 0.3) is 11.8 Å². The topological polar surface area (TPSA) is 78.1 Å². The van der Waals surface area contributed by atoms with Gasteiger partial charge in [-0.25, -0.2) is 9.37 Å². The number of nitrogens with one attached hydrogen (secondary N) is 2. The molecule has 9 heteroatoms. The lowest BCUT2D eigenvalue weighted by Crippen LogP contribution is -2.33. The van der Waals surface area contributed by atoms with E-state index >= 15 is 0 Å². The Morgan fingerprint density at radius 2 is 1.81 bits per heavy atom. The quantitative estimate of drug-likeness (QED) is 0.211. The number of pyridine rings is 1. The monoisotopic (exact) mass is 606 g/mol. The number of hydrogen-bond acceptors (Lipinski definition) is 4. The van der Waals surface area contributed by atoms with Crippen LogP contribution in [0.25, 0.3) is 32.6 Å². The molecule has 0 spiro atoms. The summed E-state index contributed by atoms with van der Waals surface area (Å²) >= 11 is 7.70. The first-order valence-electron chi connectivity index (χ1n) is 13.7. The Bertz CT molecular complexity index is 2050. The van der Waals surface area contributed by atoms with Gasteiger partial charge in [-0.15, -0.1) is 11.3 Å². The number of aromatic nitrogens is 2. The van der Waals surface area contributed by atoms with Crippen molar-refractivity contribution in [1.29, 1.82) is 0 Å². The SMILES string of the molecule is Cc1cccc(F)c1NC(=O)c1cc2c(s1)-c1ccccc1N(C(=O)c1cccc(-c3c[nH]c4c(Cl)cccc34)n1)CC2. The molecule has 6 aromatic rings. The largest absolute Gasteiger partial charge is 0.359 e. The van der Waals surface area contributed by atoms with E-state index in [2.05, 4.69) is 10.3 Å². The van der Waals surface area contributed by atoms with Crippen LogP contribution in [0.4, 0.5) is 15.8 Å². The molecule has 3 aromatic carbocycles. The van der Waals surface area contributed by atoms with E-state index in [1.165, 1.54) is 17.4 Å². The number of fused-ring (bicyclic) bond motifs is 4. The van der Waals surface area contributed by atoms with E-state index < -0.39 is 5.82 Å². The van der Waals surface area contributed by atoms with Gasteiger partial charge in [0.15, 0.2) is 0 Å². The van der Waals surface area contributed by atoms with Crippen molar-refractivity contribution in [2.75, 3.05) is 16.8 Å². The van der Waals surface area contributed by atoms with Gasteiger partial charge in [0.1, 0.15) is 11.5 Å². The van der Waals surface area contributed by atoms with Gasteiger partial charge in [-0.2, -0.15) is 0 Å². The maximum absolute atomic E-state index is 14.4. The molecule has 43 heavy (non-hydrogen) atoms. The van der Waals surface area contributed by atoms with Gasteiger partial charge in [0, 0.05) is 34.1 Å². The Kier molecular flexibility index (Phi) is 6.80. The van der Waals surface area contributed by atoms with Gasteiger partial charge < -0.3 is 15.2 Å². The van der Waals surface area contributed by atoms with Crippen LogP contribution in [-0.4, -0.2) is 28.3 Å². The number of anilines is 2. The summed E-state index contributed by atoms with van der Waals surface area (Å²) in [6.45, 7) is 2.16. The second-order valence-electron chi connectivity index (χ2n) is 10.3. The number of thiophene rings is 1. The summed E-state index contributed by atoms with van der Waals surface area (Å²) in [5.74, 6) is -1.05. The minimum atomic E-state index is -0.475. The third-order valence-electron chi connectivity index (χ3n) is 7.69. The molecule has 0 fully saturated rings. The fourth-order valence-corrected chi connectivity index (χ4v) is 6.92. The standard InChI is InChI=1S/C34H24ClFN4O2S/c1-19-7-4-11-25(36)30(19)39-33(41)29-17-20-15-16-40(28-14-3-2-8-22(28)32(20)43-29)34(42)27-13-6-12-26(38-27)23-18-37-31-21(23)9-5-10-24(31)35/h2-14,17-18,37H,15-16H2,1H3,(H,39,41). The summed E-state index contributed by atoms with van der Waals surface area (Å²) in [4.78, 5) is 38.3. The van der Waals surface area contributed by atoms with Gasteiger partial charge in [-0.3, -0.25) is 9.59 Å². The number of rotatable bonds is 4. The fraction of sp³-hybridized carbons (Fsp3) is 0.0882. The molecule has 0 aliphatic carbocycles. The molecule has 1 aliphatic rings. The van der Waals surface area contributed by atoms with E-state index in [4.69, 9.17) is 16.6 Å². The number of hydrogen-bond donors (Lipinski definition) is 2. The number of H-pyrrole nitrogens is 1. The molecular weight excluding hydrogens is 583 g/mol. The number of halogens is 2. The van der Waals surface area contributed by atoms with Crippen molar-refractivity contribution >= 4 is 57.0 Å². The fourth-order valence-electron chi connectivity index (χ4n) is 5.56. The highest BCUT2D eigenvalue weighted by atomic mass is 35.5. The summed E-state index contributed by atoms with van der Waals surface area (Å²) in [6, 6.07) is 25.3. The molecule has 4 heterocycles. The van der Waals surface area contributed by atoms with E-state index in [0.29, 0.717) is 39.8 Å². The Morgan fingerprint density at radius 3 is 2.67 bits per heavy atom. The Labute approximate surface area is 255 Å². The van der Waals surface area contributed by atoms with Gasteiger partial charge in [0.05, 0.1) is 32.5 Å². The zero-order valence-corrected chi connectivity index (χ0v) is 24.5. The average molecular weight is 607 g/mol. The number of amides is 2. The van der Waals surface area contributed by atoms with Crippen LogP contribution in [0.5, 0.6) is 0 Å². The van der Waals surface area contributed by atoms with Crippen molar-refractivity contribution in [2.45, 2.75) is 13.3 Å². The first kappa shape index (κ1) is 27.1. The highest BCUT2D eigenvalue weighted by Gasteiger charge is 2.28. The minimum absolute atomic E-state index is 0.179. The number of carbonyl (C=O) groups excluding carboxylic acids is 2. The van der Waals surface area contributed by atoms with Crippen molar-refractivity contribution < 1.29 is 14.0 Å². The number of para-hydroxylation sites is 3. The van der Waals surface area contributed by atoms with Crippen molar-refractivity contribution in [3.05, 3.63) is 124 Å². The zero-order chi connectivity index (χ0) is 29.7. The van der Waals surface area contributed by atoms with Gasteiger partial charge in [-0.1, -0.05) is 60.1 Å². The van der Waals surface area contributed by atoms with E-state index in [1.54, 1.807) is 30.0 Å². The van der Waals surface area contributed by atoms with Gasteiger partial charge in [-0.05, 0) is 60.9 Å². The molecule has 0 bridgehead atoms. The molecule has 6 nitrogen and oxygen atoms in total. The number of carbonyl (C=O) groups is 2. The summed E-state index contributed by atoms with van der Waals surface area (Å²) < 4.78 is 14.4. The van der Waals surface area contributed by atoms with Crippen LogP contribution in [-0.2, 0) is 6.42 Å². The first-order chi connectivity index (χ1) is 20.9. The van der Waals surface area contributed by atoms with Crippen LogP contribution in [0.2, 0.25) is 5.02 Å². The number of nitrogens with zero attached hydrogens (tertiary/aromatic N) is 2. The molecule has 0 radical (unpaired) electrons. The Balaban J connectivity index is 1.21. The number of benzene rings is 3. The number of aryl methyl sites for hydroxylation is 1. The smallest absolute Gasteiger partial charge is 0.276 e. The van der Waals surface area contributed by atoms with Crippen LogP contribution in [0.15, 0.2) is 91.1 Å². The molecular formula is C34H24ClFN4O2S. The van der Waals surface area contributed by atoms with Crippen LogP contribution in [0, 0.1) is 12.7 Å². The molecule has 212 valence electrons. The molecule has 2 amide bonds. The maximum Gasteiger partial charge on any atom is 0.276 e. The molecule has 0 saturated carbocycles. The summed E-state index contributed by atoms with van der Waals surface area (Å²) in [5, 5.41) is 4.28. The predicted octanol–water partition coefficient (Wildman–Crippen LogP) is 8.51.